The van der Waals surface area contributed by atoms with Crippen LogP contribution in [0.2, 0.25) is 5.02 Å². The van der Waals surface area contributed by atoms with Crippen molar-refractivity contribution in [3.63, 3.8) is 0 Å². The molecule has 0 saturated heterocycles. The molecule has 0 atom stereocenters. The van der Waals surface area contributed by atoms with E-state index in [4.69, 9.17) is 16.3 Å². The van der Waals surface area contributed by atoms with Gasteiger partial charge in [-0.1, -0.05) is 17.7 Å². The van der Waals surface area contributed by atoms with Crippen LogP contribution in [0.1, 0.15) is 16.1 Å². The molecule has 0 N–H and O–H groups in total. The number of rotatable bonds is 1. The van der Waals surface area contributed by atoms with E-state index in [-0.39, 0.29) is 11.5 Å². The first-order valence-corrected chi connectivity index (χ1v) is 5.77. The van der Waals surface area contributed by atoms with E-state index >= 15 is 0 Å². The van der Waals surface area contributed by atoms with Crippen LogP contribution in [0.25, 0.3) is 6.08 Å². The summed E-state index contributed by atoms with van der Waals surface area (Å²) in [5, 5.41) is 0.518. The number of ketones is 1. The predicted molar refractivity (Wildman–Crippen MR) is 68.6 cm³/mol. The van der Waals surface area contributed by atoms with Gasteiger partial charge in [0.25, 0.3) is 0 Å². The lowest BCUT2D eigenvalue weighted by molar-refractivity contribution is 0.101. The number of benzene rings is 1. The maximum absolute atomic E-state index is 12.1. The van der Waals surface area contributed by atoms with Crippen molar-refractivity contribution in [1.82, 2.24) is 4.98 Å². The lowest BCUT2D eigenvalue weighted by atomic mass is 10.1. The molecule has 88 valence electrons. The van der Waals surface area contributed by atoms with E-state index in [2.05, 4.69) is 4.98 Å². The summed E-state index contributed by atoms with van der Waals surface area (Å²) in [6.45, 7) is 0. The van der Waals surface area contributed by atoms with E-state index in [9.17, 15) is 4.79 Å². The number of carbonyl (C=O) groups is 1. The van der Waals surface area contributed by atoms with Gasteiger partial charge in [0.05, 0.1) is 11.3 Å². The fraction of sp³-hybridized carbons (Fsp3) is 0. The maximum Gasteiger partial charge on any atom is 0.232 e. The summed E-state index contributed by atoms with van der Waals surface area (Å²) < 4.78 is 5.49. The molecule has 1 aliphatic rings. The van der Waals surface area contributed by atoms with Gasteiger partial charge in [0.1, 0.15) is 5.75 Å². The highest BCUT2D eigenvalue weighted by Crippen LogP contribution is 2.33. The van der Waals surface area contributed by atoms with Gasteiger partial charge in [-0.2, -0.15) is 0 Å². The van der Waals surface area contributed by atoms with Gasteiger partial charge in [-0.15, -0.1) is 0 Å². The Labute approximate surface area is 109 Å². The number of carbonyl (C=O) groups excluding carboxylic acids is 1. The Bertz CT molecular complexity index is 650. The van der Waals surface area contributed by atoms with Gasteiger partial charge in [-0.25, -0.2) is 0 Å². The maximum atomic E-state index is 12.1. The Balaban J connectivity index is 2.00. The lowest BCUT2D eigenvalue weighted by Gasteiger charge is -1.97. The van der Waals surface area contributed by atoms with Gasteiger partial charge >= 0.3 is 0 Å². The molecule has 1 aromatic heterocycles. The minimum Gasteiger partial charge on any atom is -0.452 e. The van der Waals surface area contributed by atoms with E-state index in [1.807, 2.05) is 12.1 Å². The minimum absolute atomic E-state index is 0.168. The smallest absolute Gasteiger partial charge is 0.232 e. The first-order chi connectivity index (χ1) is 8.74. The molecule has 0 radical (unpaired) electrons. The first-order valence-electron chi connectivity index (χ1n) is 5.39. The zero-order valence-electron chi connectivity index (χ0n) is 9.26. The standard InChI is InChI=1S/C14H8ClNO2/c15-9-4-5-12-11(7-9)14(17)13(18-12)8-10-3-1-2-6-16-10/h1-8H/b13-8+. The second-order valence-electron chi connectivity index (χ2n) is 3.83. The minimum atomic E-state index is -0.168. The molecule has 0 bridgehead atoms. The van der Waals surface area contributed by atoms with Crippen LogP contribution in [0.15, 0.2) is 48.4 Å². The molecule has 0 unspecified atom stereocenters. The summed E-state index contributed by atoms with van der Waals surface area (Å²) in [6.07, 6.45) is 3.28. The Hall–Kier alpha value is -2.13. The van der Waals surface area contributed by atoms with E-state index in [0.717, 1.165) is 0 Å². The predicted octanol–water partition coefficient (Wildman–Crippen LogP) is 3.35. The van der Waals surface area contributed by atoms with Crippen molar-refractivity contribution < 1.29 is 9.53 Å². The molecule has 0 amide bonds. The zero-order chi connectivity index (χ0) is 12.5. The molecule has 0 spiro atoms. The summed E-state index contributed by atoms with van der Waals surface area (Å²) in [4.78, 5) is 16.2. The van der Waals surface area contributed by atoms with E-state index < -0.39 is 0 Å². The highest BCUT2D eigenvalue weighted by atomic mass is 35.5. The van der Waals surface area contributed by atoms with Crippen LogP contribution in [0.3, 0.4) is 0 Å². The van der Waals surface area contributed by atoms with Gasteiger partial charge in [0.2, 0.25) is 5.78 Å². The topological polar surface area (TPSA) is 39.2 Å². The molecule has 4 heteroatoms. The fourth-order valence-electron chi connectivity index (χ4n) is 1.76. The number of ether oxygens (including phenoxy) is 1. The first kappa shape index (κ1) is 11.0. The molecule has 3 nitrogen and oxygen atoms in total. The summed E-state index contributed by atoms with van der Waals surface area (Å²) >= 11 is 5.86. The summed E-state index contributed by atoms with van der Waals surface area (Å²) in [5.74, 6) is 0.635. The van der Waals surface area contributed by atoms with Crippen molar-refractivity contribution in [2.24, 2.45) is 0 Å². The molecule has 3 rings (SSSR count). The Kier molecular flexibility index (Phi) is 2.61. The number of pyridine rings is 1. The molecule has 1 aliphatic heterocycles. The second kappa shape index (κ2) is 4.27. The van der Waals surface area contributed by atoms with Crippen LogP contribution in [-0.4, -0.2) is 10.8 Å². The van der Waals surface area contributed by atoms with Crippen molar-refractivity contribution in [1.29, 1.82) is 0 Å². The molecule has 2 aromatic rings. The molecular formula is C14H8ClNO2. The molecule has 2 heterocycles. The van der Waals surface area contributed by atoms with Gasteiger partial charge < -0.3 is 4.74 Å². The monoisotopic (exact) mass is 257 g/mol. The van der Waals surface area contributed by atoms with Crippen LogP contribution in [0.4, 0.5) is 0 Å². The third-order valence-corrected chi connectivity index (χ3v) is 2.83. The van der Waals surface area contributed by atoms with Crippen molar-refractivity contribution in [2.45, 2.75) is 0 Å². The summed E-state index contributed by atoms with van der Waals surface area (Å²) in [5.41, 5.74) is 1.17. The highest BCUT2D eigenvalue weighted by molar-refractivity contribution is 6.31. The third-order valence-electron chi connectivity index (χ3n) is 2.60. The Morgan fingerprint density at radius 3 is 2.89 bits per heavy atom. The lowest BCUT2D eigenvalue weighted by Crippen LogP contribution is -1.98. The van der Waals surface area contributed by atoms with Gasteiger partial charge in [-0.05, 0) is 30.3 Å². The fourth-order valence-corrected chi connectivity index (χ4v) is 1.93. The van der Waals surface area contributed by atoms with Crippen molar-refractivity contribution in [3.8, 4) is 5.75 Å². The average molecular weight is 258 g/mol. The van der Waals surface area contributed by atoms with Crippen LogP contribution >= 0.6 is 11.6 Å². The number of fused-ring (bicyclic) bond motifs is 1. The largest absolute Gasteiger partial charge is 0.452 e. The summed E-state index contributed by atoms with van der Waals surface area (Å²) in [7, 11) is 0. The number of halogens is 1. The molecule has 0 aliphatic carbocycles. The van der Waals surface area contributed by atoms with Crippen molar-refractivity contribution in [3.05, 3.63) is 64.6 Å². The Morgan fingerprint density at radius 2 is 2.11 bits per heavy atom. The van der Waals surface area contributed by atoms with Gasteiger partial charge in [-0.3, -0.25) is 9.78 Å². The van der Waals surface area contributed by atoms with Crippen LogP contribution in [0.5, 0.6) is 5.75 Å². The molecule has 1 aromatic carbocycles. The van der Waals surface area contributed by atoms with Crippen LogP contribution in [0, 0.1) is 0 Å². The van der Waals surface area contributed by atoms with Gasteiger partial charge in [0.15, 0.2) is 5.76 Å². The van der Waals surface area contributed by atoms with Crippen LogP contribution < -0.4 is 4.74 Å². The number of hydrogen-bond acceptors (Lipinski definition) is 3. The zero-order valence-corrected chi connectivity index (χ0v) is 10.0. The highest BCUT2D eigenvalue weighted by Gasteiger charge is 2.27. The second-order valence-corrected chi connectivity index (χ2v) is 4.27. The van der Waals surface area contributed by atoms with E-state index in [1.54, 1.807) is 36.5 Å². The molecule has 0 saturated carbocycles. The number of hydrogen-bond donors (Lipinski definition) is 0. The SMILES string of the molecule is O=C1/C(=C\c2ccccn2)Oc2ccc(Cl)cc21. The quantitative estimate of drug-likeness (QED) is 0.736. The average Bonchev–Trinajstić information content (AvgIpc) is 2.68. The van der Waals surface area contributed by atoms with Gasteiger partial charge in [0, 0.05) is 17.3 Å². The van der Waals surface area contributed by atoms with Crippen LogP contribution in [-0.2, 0) is 0 Å². The summed E-state index contributed by atoms with van der Waals surface area (Å²) in [6, 6.07) is 10.5. The Morgan fingerprint density at radius 1 is 1.22 bits per heavy atom. The van der Waals surface area contributed by atoms with E-state index in [1.165, 1.54) is 0 Å². The number of nitrogens with zero attached hydrogens (tertiary/aromatic N) is 1. The van der Waals surface area contributed by atoms with E-state index in [0.29, 0.717) is 22.0 Å². The molecule has 0 fully saturated rings. The number of Topliss-reactive ketones (excluding diaryl/α,β-unsaturated/α-hetero) is 1. The molecule has 18 heavy (non-hydrogen) atoms. The number of allylic oxidation sites excluding steroid dienone is 1. The number of aromatic nitrogens is 1. The van der Waals surface area contributed by atoms with Crippen molar-refractivity contribution >= 4 is 23.5 Å². The van der Waals surface area contributed by atoms with Crippen molar-refractivity contribution in [2.75, 3.05) is 0 Å². The normalized spacial score (nSPS) is 15.6. The molecular weight excluding hydrogens is 250 g/mol. The third kappa shape index (κ3) is 1.89.